The van der Waals surface area contributed by atoms with Crippen LogP contribution in [0.3, 0.4) is 0 Å². The van der Waals surface area contributed by atoms with Crippen molar-refractivity contribution in [2.24, 2.45) is 0 Å². The van der Waals surface area contributed by atoms with E-state index in [2.05, 4.69) is 10.3 Å². The first-order valence-electron chi connectivity index (χ1n) is 8.82. The van der Waals surface area contributed by atoms with Gasteiger partial charge in [-0.15, -0.1) is 0 Å². The molecule has 4 rings (SSSR count). The summed E-state index contributed by atoms with van der Waals surface area (Å²) in [5.74, 6) is 0.425. The molecule has 0 atom stereocenters. The molecule has 1 N–H and O–H groups in total. The fraction of sp³-hybridized carbons (Fsp3) is 0.0435. The van der Waals surface area contributed by atoms with E-state index in [1.807, 2.05) is 66.7 Å². The van der Waals surface area contributed by atoms with Gasteiger partial charge in [-0.05, 0) is 42.0 Å². The van der Waals surface area contributed by atoms with E-state index in [1.165, 1.54) is 0 Å². The van der Waals surface area contributed by atoms with E-state index >= 15 is 0 Å². The monoisotopic (exact) mass is 388 g/mol. The lowest BCUT2D eigenvalue weighted by Crippen LogP contribution is -2.13. The van der Waals surface area contributed by atoms with E-state index in [1.54, 1.807) is 18.2 Å². The van der Waals surface area contributed by atoms with Crippen LogP contribution in [0.1, 0.15) is 15.9 Å². The van der Waals surface area contributed by atoms with Crippen LogP contribution in [0.4, 0.5) is 5.69 Å². The second-order valence-corrected chi connectivity index (χ2v) is 6.63. The minimum atomic E-state index is -0.304. The number of fused-ring (bicyclic) bond motifs is 1. The highest BCUT2D eigenvalue weighted by molar-refractivity contribution is 6.33. The molecule has 0 unspecified atom stereocenters. The van der Waals surface area contributed by atoms with E-state index in [-0.39, 0.29) is 11.1 Å². The molecular weight excluding hydrogens is 372 g/mol. The van der Waals surface area contributed by atoms with Crippen LogP contribution >= 0.6 is 11.6 Å². The summed E-state index contributed by atoms with van der Waals surface area (Å²) in [6, 6.07) is 26.4. The van der Waals surface area contributed by atoms with E-state index in [0.717, 1.165) is 22.2 Å². The Kier molecular flexibility index (Phi) is 5.22. The fourth-order valence-electron chi connectivity index (χ4n) is 2.83. The number of rotatable bonds is 5. The predicted molar refractivity (Wildman–Crippen MR) is 112 cm³/mol. The number of para-hydroxylation sites is 1. The fourth-order valence-corrected chi connectivity index (χ4v) is 3.06. The number of carbonyl (C=O) groups is 1. The van der Waals surface area contributed by atoms with Crippen LogP contribution in [0.2, 0.25) is 5.15 Å². The largest absolute Gasteiger partial charge is 0.489 e. The highest BCUT2D eigenvalue weighted by Crippen LogP contribution is 2.22. The average Bonchev–Trinajstić information content (AvgIpc) is 2.73. The van der Waals surface area contributed by atoms with Gasteiger partial charge in [-0.3, -0.25) is 4.79 Å². The quantitative estimate of drug-likeness (QED) is 0.445. The van der Waals surface area contributed by atoms with Gasteiger partial charge in [0, 0.05) is 11.1 Å². The van der Waals surface area contributed by atoms with Gasteiger partial charge >= 0.3 is 0 Å². The van der Waals surface area contributed by atoms with Crippen molar-refractivity contribution in [1.29, 1.82) is 0 Å². The Labute approximate surface area is 167 Å². The van der Waals surface area contributed by atoms with E-state index in [0.29, 0.717) is 17.9 Å². The van der Waals surface area contributed by atoms with Gasteiger partial charge < -0.3 is 10.1 Å². The number of ether oxygens (including phenoxy) is 1. The first-order valence-corrected chi connectivity index (χ1v) is 9.20. The Hall–Kier alpha value is -3.37. The lowest BCUT2D eigenvalue weighted by molar-refractivity contribution is 0.102. The van der Waals surface area contributed by atoms with Crippen molar-refractivity contribution >= 4 is 34.1 Å². The lowest BCUT2D eigenvalue weighted by Gasteiger charge is -2.10. The number of nitrogens with zero attached hydrogens (tertiary/aromatic N) is 1. The van der Waals surface area contributed by atoms with Gasteiger partial charge in [0.2, 0.25) is 0 Å². The van der Waals surface area contributed by atoms with Crippen LogP contribution in [-0.4, -0.2) is 10.9 Å². The van der Waals surface area contributed by atoms with Crippen molar-refractivity contribution in [2.45, 2.75) is 6.61 Å². The third kappa shape index (κ3) is 4.13. The molecule has 0 spiro atoms. The summed E-state index contributed by atoms with van der Waals surface area (Å²) >= 11 is 6.20. The molecule has 138 valence electrons. The number of pyridine rings is 1. The highest BCUT2D eigenvalue weighted by atomic mass is 35.5. The number of carbonyl (C=O) groups excluding carboxylic acids is 1. The van der Waals surface area contributed by atoms with Crippen LogP contribution < -0.4 is 10.1 Å². The van der Waals surface area contributed by atoms with Crippen molar-refractivity contribution in [3.8, 4) is 5.75 Å². The molecule has 4 nitrogen and oxygen atoms in total. The molecule has 0 saturated carbocycles. The number of anilines is 1. The highest BCUT2D eigenvalue weighted by Gasteiger charge is 2.13. The minimum Gasteiger partial charge on any atom is -0.489 e. The molecule has 0 fully saturated rings. The topological polar surface area (TPSA) is 51.2 Å². The number of amides is 1. The molecule has 3 aromatic carbocycles. The SMILES string of the molecule is O=C(Nc1ccc(OCc2ccccc2)cc1)c1cc2ccccc2nc1Cl. The summed E-state index contributed by atoms with van der Waals surface area (Å²) < 4.78 is 5.76. The Morgan fingerprint density at radius 1 is 0.929 bits per heavy atom. The van der Waals surface area contributed by atoms with E-state index in [9.17, 15) is 4.79 Å². The predicted octanol–water partition coefficient (Wildman–Crippen LogP) is 5.72. The Balaban J connectivity index is 1.44. The van der Waals surface area contributed by atoms with Crippen LogP contribution in [0, 0.1) is 0 Å². The summed E-state index contributed by atoms with van der Waals surface area (Å²) in [6.45, 7) is 0.491. The van der Waals surface area contributed by atoms with E-state index in [4.69, 9.17) is 16.3 Å². The number of nitrogens with one attached hydrogen (secondary N) is 1. The van der Waals surface area contributed by atoms with Crippen LogP contribution in [0.5, 0.6) is 5.75 Å². The van der Waals surface area contributed by atoms with Gasteiger partial charge in [0.15, 0.2) is 0 Å². The van der Waals surface area contributed by atoms with Gasteiger partial charge in [-0.2, -0.15) is 0 Å². The first-order chi connectivity index (χ1) is 13.7. The number of aromatic nitrogens is 1. The van der Waals surface area contributed by atoms with Crippen molar-refractivity contribution in [3.63, 3.8) is 0 Å². The standard InChI is InChI=1S/C23H17ClN2O2/c24-22-20(14-17-8-4-5-9-21(17)26-22)23(27)25-18-10-12-19(13-11-18)28-15-16-6-2-1-3-7-16/h1-14H,15H2,(H,25,27). The normalized spacial score (nSPS) is 10.6. The van der Waals surface area contributed by atoms with E-state index < -0.39 is 0 Å². The summed E-state index contributed by atoms with van der Waals surface area (Å²) in [4.78, 5) is 16.9. The molecule has 1 heterocycles. The van der Waals surface area contributed by atoms with Gasteiger partial charge in [0.1, 0.15) is 17.5 Å². The molecule has 1 aromatic heterocycles. The molecule has 28 heavy (non-hydrogen) atoms. The molecule has 0 aliphatic carbocycles. The Bertz CT molecular complexity index is 1110. The molecule has 0 bridgehead atoms. The molecule has 5 heteroatoms. The lowest BCUT2D eigenvalue weighted by atomic mass is 10.1. The van der Waals surface area contributed by atoms with Gasteiger partial charge in [0.25, 0.3) is 5.91 Å². The molecule has 0 saturated heterocycles. The summed E-state index contributed by atoms with van der Waals surface area (Å²) in [5.41, 5.74) is 2.84. The van der Waals surface area contributed by atoms with Crippen LogP contribution in [0.25, 0.3) is 10.9 Å². The number of benzene rings is 3. The molecule has 0 radical (unpaired) electrons. The second kappa shape index (κ2) is 8.11. The minimum absolute atomic E-state index is 0.180. The molecule has 0 aliphatic heterocycles. The third-order valence-electron chi connectivity index (χ3n) is 4.28. The van der Waals surface area contributed by atoms with Gasteiger partial charge in [-0.1, -0.05) is 60.1 Å². The summed E-state index contributed by atoms with van der Waals surface area (Å²) in [6.07, 6.45) is 0. The van der Waals surface area contributed by atoms with Gasteiger partial charge in [-0.25, -0.2) is 4.98 Å². The zero-order valence-corrected chi connectivity index (χ0v) is 15.7. The van der Waals surface area contributed by atoms with Crippen molar-refractivity contribution in [1.82, 2.24) is 4.98 Å². The zero-order chi connectivity index (χ0) is 19.3. The van der Waals surface area contributed by atoms with Crippen LogP contribution in [-0.2, 0) is 6.61 Å². The third-order valence-corrected chi connectivity index (χ3v) is 4.57. The van der Waals surface area contributed by atoms with Crippen LogP contribution in [0.15, 0.2) is 84.9 Å². The van der Waals surface area contributed by atoms with Crippen molar-refractivity contribution < 1.29 is 9.53 Å². The maximum atomic E-state index is 12.6. The van der Waals surface area contributed by atoms with Crippen molar-refractivity contribution in [2.75, 3.05) is 5.32 Å². The number of hydrogen-bond donors (Lipinski definition) is 1. The smallest absolute Gasteiger partial charge is 0.258 e. The summed E-state index contributed by atoms with van der Waals surface area (Å²) in [7, 11) is 0. The maximum Gasteiger partial charge on any atom is 0.258 e. The molecule has 4 aromatic rings. The summed E-state index contributed by atoms with van der Waals surface area (Å²) in [5, 5.41) is 3.89. The number of halogens is 1. The van der Waals surface area contributed by atoms with Crippen molar-refractivity contribution in [3.05, 3.63) is 101 Å². The zero-order valence-electron chi connectivity index (χ0n) is 14.9. The molecule has 1 amide bonds. The Morgan fingerprint density at radius 2 is 1.64 bits per heavy atom. The maximum absolute atomic E-state index is 12.6. The number of hydrogen-bond acceptors (Lipinski definition) is 3. The molecule has 0 aliphatic rings. The Morgan fingerprint density at radius 3 is 2.43 bits per heavy atom. The first kappa shape index (κ1) is 18.0. The molecular formula is C23H17ClN2O2. The average molecular weight is 389 g/mol. The van der Waals surface area contributed by atoms with Gasteiger partial charge in [0.05, 0.1) is 11.1 Å². The second-order valence-electron chi connectivity index (χ2n) is 6.27.